The van der Waals surface area contributed by atoms with Gasteiger partial charge in [0, 0.05) is 13.6 Å². The van der Waals surface area contributed by atoms with Crippen molar-refractivity contribution in [1.82, 2.24) is 0 Å². The molecular formula is C11H14N2O3. The van der Waals surface area contributed by atoms with Crippen molar-refractivity contribution in [2.45, 2.75) is 6.04 Å². The largest absolute Gasteiger partial charge is 0.489 e. The summed E-state index contributed by atoms with van der Waals surface area (Å²) in [6.45, 7) is 1.000. The zero-order valence-electron chi connectivity index (χ0n) is 9.01. The molecule has 1 aromatic carbocycles. The summed E-state index contributed by atoms with van der Waals surface area (Å²) >= 11 is 0. The van der Waals surface area contributed by atoms with E-state index < -0.39 is 5.97 Å². The fraction of sp³-hybridized carbons (Fsp3) is 0.364. The van der Waals surface area contributed by atoms with Crippen LogP contribution in [-0.2, 0) is 0 Å². The molecule has 86 valence electrons. The van der Waals surface area contributed by atoms with Crippen molar-refractivity contribution in [2.24, 2.45) is 5.73 Å². The van der Waals surface area contributed by atoms with Crippen LogP contribution in [0.5, 0.6) is 5.75 Å². The number of benzene rings is 1. The van der Waals surface area contributed by atoms with E-state index >= 15 is 0 Å². The molecule has 1 unspecified atom stereocenters. The van der Waals surface area contributed by atoms with Gasteiger partial charge < -0.3 is 20.5 Å². The number of carboxylic acids is 1. The first-order chi connectivity index (χ1) is 7.63. The first-order valence-electron chi connectivity index (χ1n) is 5.06. The molecule has 5 nitrogen and oxygen atoms in total. The van der Waals surface area contributed by atoms with Crippen LogP contribution in [-0.4, -0.2) is 37.3 Å². The maximum Gasteiger partial charge on any atom is 0.335 e. The number of rotatable bonds is 2. The number of hydrogen-bond acceptors (Lipinski definition) is 4. The second-order valence-corrected chi connectivity index (χ2v) is 3.80. The Morgan fingerprint density at radius 1 is 1.69 bits per heavy atom. The predicted molar refractivity (Wildman–Crippen MR) is 60.1 cm³/mol. The topological polar surface area (TPSA) is 75.8 Å². The van der Waals surface area contributed by atoms with Crippen LogP contribution in [0.3, 0.4) is 0 Å². The summed E-state index contributed by atoms with van der Waals surface area (Å²) in [5.74, 6) is -0.345. The van der Waals surface area contributed by atoms with Gasteiger partial charge in [0.1, 0.15) is 12.4 Å². The van der Waals surface area contributed by atoms with Gasteiger partial charge in [-0.2, -0.15) is 0 Å². The van der Waals surface area contributed by atoms with Crippen LogP contribution in [0.1, 0.15) is 10.4 Å². The summed E-state index contributed by atoms with van der Waals surface area (Å²) in [6.07, 6.45) is 0. The van der Waals surface area contributed by atoms with Gasteiger partial charge in [-0.25, -0.2) is 4.79 Å². The molecule has 1 aromatic rings. The van der Waals surface area contributed by atoms with Gasteiger partial charge in [-0.05, 0) is 18.2 Å². The predicted octanol–water partition coefficient (Wildman–Crippen LogP) is 0.541. The molecule has 5 heteroatoms. The second kappa shape index (κ2) is 4.02. The fourth-order valence-corrected chi connectivity index (χ4v) is 1.77. The maximum absolute atomic E-state index is 10.8. The average molecular weight is 222 g/mol. The molecule has 0 aliphatic carbocycles. The molecule has 0 amide bonds. The maximum atomic E-state index is 10.8. The zero-order chi connectivity index (χ0) is 11.7. The highest BCUT2D eigenvalue weighted by Crippen LogP contribution is 2.33. The third kappa shape index (κ3) is 1.69. The Morgan fingerprint density at radius 3 is 3.06 bits per heavy atom. The summed E-state index contributed by atoms with van der Waals surface area (Å²) in [5.41, 5.74) is 6.73. The van der Waals surface area contributed by atoms with Crippen molar-refractivity contribution < 1.29 is 14.6 Å². The Balaban J connectivity index is 2.37. The van der Waals surface area contributed by atoms with Crippen molar-refractivity contribution in [3.8, 4) is 5.75 Å². The molecule has 1 heterocycles. The highest BCUT2D eigenvalue weighted by atomic mass is 16.5. The molecule has 1 aliphatic rings. The van der Waals surface area contributed by atoms with Gasteiger partial charge in [-0.15, -0.1) is 0 Å². The van der Waals surface area contributed by atoms with E-state index in [4.69, 9.17) is 15.6 Å². The lowest BCUT2D eigenvalue weighted by Gasteiger charge is -2.35. The SMILES string of the molecule is CN1c2ccc(C(=O)O)cc2OCC1CN. The van der Waals surface area contributed by atoms with Gasteiger partial charge in [0.05, 0.1) is 17.3 Å². The summed E-state index contributed by atoms with van der Waals surface area (Å²) in [6, 6.07) is 5.00. The second-order valence-electron chi connectivity index (χ2n) is 3.80. The van der Waals surface area contributed by atoms with Crippen molar-refractivity contribution >= 4 is 11.7 Å². The van der Waals surface area contributed by atoms with Crippen molar-refractivity contribution in [1.29, 1.82) is 0 Å². The number of aromatic carboxylic acids is 1. The molecule has 3 N–H and O–H groups in total. The fourth-order valence-electron chi connectivity index (χ4n) is 1.77. The van der Waals surface area contributed by atoms with E-state index in [0.29, 0.717) is 18.9 Å². The summed E-state index contributed by atoms with van der Waals surface area (Å²) in [7, 11) is 1.93. The van der Waals surface area contributed by atoms with Gasteiger partial charge >= 0.3 is 5.97 Å². The number of carbonyl (C=O) groups is 1. The van der Waals surface area contributed by atoms with E-state index in [-0.39, 0.29) is 11.6 Å². The third-order valence-electron chi connectivity index (χ3n) is 2.84. The highest BCUT2D eigenvalue weighted by Gasteiger charge is 2.24. The summed E-state index contributed by atoms with van der Waals surface area (Å²) in [4.78, 5) is 12.8. The lowest BCUT2D eigenvalue weighted by molar-refractivity contribution is 0.0696. The van der Waals surface area contributed by atoms with E-state index in [2.05, 4.69) is 0 Å². The van der Waals surface area contributed by atoms with Crippen LogP contribution >= 0.6 is 0 Å². The van der Waals surface area contributed by atoms with Gasteiger partial charge in [0.2, 0.25) is 0 Å². The standard InChI is InChI=1S/C11H14N2O3/c1-13-8(5-12)6-16-10-4-7(11(14)15)2-3-9(10)13/h2-4,8H,5-6,12H2,1H3,(H,14,15). The minimum atomic E-state index is -0.949. The van der Waals surface area contributed by atoms with E-state index in [9.17, 15) is 4.79 Å². The number of nitrogens with zero attached hydrogens (tertiary/aromatic N) is 1. The summed E-state index contributed by atoms with van der Waals surface area (Å²) < 4.78 is 5.50. The van der Waals surface area contributed by atoms with Crippen LogP contribution in [0.4, 0.5) is 5.69 Å². The van der Waals surface area contributed by atoms with Crippen LogP contribution in [0.2, 0.25) is 0 Å². The first-order valence-corrected chi connectivity index (χ1v) is 5.06. The Hall–Kier alpha value is -1.75. The van der Waals surface area contributed by atoms with Crippen LogP contribution in [0, 0.1) is 0 Å². The average Bonchev–Trinajstić information content (AvgIpc) is 2.29. The third-order valence-corrected chi connectivity index (χ3v) is 2.84. The molecule has 0 bridgehead atoms. The number of hydrogen-bond donors (Lipinski definition) is 2. The van der Waals surface area contributed by atoms with Crippen molar-refractivity contribution in [3.05, 3.63) is 23.8 Å². The molecule has 1 aliphatic heterocycles. The number of anilines is 1. The van der Waals surface area contributed by atoms with Crippen molar-refractivity contribution in [2.75, 3.05) is 25.1 Å². The molecule has 0 aromatic heterocycles. The zero-order valence-corrected chi connectivity index (χ0v) is 9.01. The Bertz CT molecular complexity index is 420. The van der Waals surface area contributed by atoms with E-state index in [0.717, 1.165) is 5.69 Å². The molecule has 0 saturated heterocycles. The van der Waals surface area contributed by atoms with Crippen LogP contribution in [0.15, 0.2) is 18.2 Å². The Kier molecular flexibility index (Phi) is 2.70. The van der Waals surface area contributed by atoms with Gasteiger partial charge in [0.15, 0.2) is 0 Å². The van der Waals surface area contributed by atoms with E-state index in [1.165, 1.54) is 0 Å². The lowest BCUT2D eigenvalue weighted by Crippen LogP contribution is -2.45. The molecule has 2 rings (SSSR count). The summed E-state index contributed by atoms with van der Waals surface area (Å²) in [5, 5.41) is 8.86. The van der Waals surface area contributed by atoms with Crippen molar-refractivity contribution in [3.63, 3.8) is 0 Å². The van der Waals surface area contributed by atoms with Crippen LogP contribution < -0.4 is 15.4 Å². The minimum Gasteiger partial charge on any atom is -0.489 e. The van der Waals surface area contributed by atoms with Gasteiger partial charge in [-0.1, -0.05) is 0 Å². The Morgan fingerprint density at radius 2 is 2.44 bits per heavy atom. The van der Waals surface area contributed by atoms with E-state index in [1.807, 2.05) is 11.9 Å². The molecule has 0 spiro atoms. The molecule has 1 atom stereocenters. The first kappa shape index (κ1) is 10.8. The number of nitrogens with two attached hydrogens (primary N) is 1. The lowest BCUT2D eigenvalue weighted by atomic mass is 10.1. The smallest absolute Gasteiger partial charge is 0.335 e. The number of fused-ring (bicyclic) bond motifs is 1. The molecular weight excluding hydrogens is 208 g/mol. The quantitative estimate of drug-likeness (QED) is 0.763. The number of likely N-dealkylation sites (N-methyl/N-ethyl adjacent to an activating group) is 1. The number of carboxylic acid groups (broad SMARTS) is 1. The van der Waals surface area contributed by atoms with Crippen LogP contribution in [0.25, 0.3) is 0 Å². The Labute approximate surface area is 93.4 Å². The number of ether oxygens (including phenoxy) is 1. The monoisotopic (exact) mass is 222 g/mol. The normalized spacial score (nSPS) is 18.9. The van der Waals surface area contributed by atoms with E-state index in [1.54, 1.807) is 18.2 Å². The molecule has 0 fully saturated rings. The molecule has 16 heavy (non-hydrogen) atoms. The molecule has 0 radical (unpaired) electrons. The minimum absolute atomic E-state index is 0.142. The highest BCUT2D eigenvalue weighted by molar-refractivity contribution is 5.89. The van der Waals surface area contributed by atoms with Gasteiger partial charge in [-0.3, -0.25) is 0 Å². The van der Waals surface area contributed by atoms with Gasteiger partial charge in [0.25, 0.3) is 0 Å². The molecule has 0 saturated carbocycles.